The number of rotatable bonds is 7. The van der Waals surface area contributed by atoms with E-state index in [-0.39, 0.29) is 18.0 Å². The number of H-pyrrole nitrogens is 1. The number of aliphatic imine (C=N–C) groups is 1. The highest BCUT2D eigenvalue weighted by molar-refractivity contribution is 7.13. The standard InChI is InChI=1S/C23H30N4O2S/c1-4-7-21(24-5-2)23(29-6-3)11-18-8-9-19(12-23)27(18)22(28)16-10-20(30-15-16)17-13-25-26-14-17/h5,7,10,13-15,18-19H,4,6,8-9,11-12H2,1-3H3,(H,25,26). The van der Waals surface area contributed by atoms with Gasteiger partial charge in [-0.05, 0) is 39.2 Å². The number of fused-ring (bicyclic) bond motifs is 2. The molecule has 2 atom stereocenters. The Balaban J connectivity index is 1.59. The lowest BCUT2D eigenvalue weighted by molar-refractivity contribution is -0.0687. The first-order chi connectivity index (χ1) is 14.6. The van der Waals surface area contributed by atoms with E-state index < -0.39 is 5.60 Å². The Labute approximate surface area is 182 Å². The van der Waals surface area contributed by atoms with E-state index in [0.29, 0.717) is 6.61 Å². The Morgan fingerprint density at radius 2 is 2.17 bits per heavy atom. The van der Waals surface area contributed by atoms with Crippen LogP contribution in [0.25, 0.3) is 10.4 Å². The van der Waals surface area contributed by atoms with Gasteiger partial charge in [0.2, 0.25) is 0 Å². The second-order valence-corrected chi connectivity index (χ2v) is 8.92. The average Bonchev–Trinajstić information content (AvgIpc) is 3.47. The quantitative estimate of drug-likeness (QED) is 0.629. The van der Waals surface area contributed by atoms with Crippen molar-refractivity contribution in [1.82, 2.24) is 15.1 Å². The predicted molar refractivity (Wildman–Crippen MR) is 121 cm³/mol. The van der Waals surface area contributed by atoms with Gasteiger partial charge in [-0.1, -0.05) is 13.0 Å². The van der Waals surface area contributed by atoms with Gasteiger partial charge < -0.3 is 9.64 Å². The third-order valence-electron chi connectivity index (χ3n) is 6.17. The molecule has 2 aliphatic heterocycles. The van der Waals surface area contributed by atoms with Crippen LogP contribution in [0, 0.1) is 0 Å². The molecule has 1 N–H and O–H groups in total. The number of aromatic amines is 1. The molecule has 4 heterocycles. The molecule has 6 nitrogen and oxygen atoms in total. The molecule has 0 radical (unpaired) electrons. The van der Waals surface area contributed by atoms with Gasteiger partial charge in [-0.2, -0.15) is 5.10 Å². The molecular weight excluding hydrogens is 396 g/mol. The summed E-state index contributed by atoms with van der Waals surface area (Å²) in [5.41, 5.74) is 2.42. The average molecular weight is 427 g/mol. The number of nitrogens with zero attached hydrogens (tertiary/aromatic N) is 3. The van der Waals surface area contributed by atoms with Gasteiger partial charge >= 0.3 is 0 Å². The van der Waals surface area contributed by atoms with Crippen LogP contribution in [-0.4, -0.2) is 51.5 Å². The molecule has 2 saturated heterocycles. The second-order valence-electron chi connectivity index (χ2n) is 8.00. The van der Waals surface area contributed by atoms with Gasteiger partial charge in [-0.25, -0.2) is 0 Å². The molecule has 2 bridgehead atoms. The number of allylic oxidation sites excluding steroid dienone is 1. The highest BCUT2D eigenvalue weighted by Crippen LogP contribution is 2.47. The molecular formula is C23H30N4O2S. The third-order valence-corrected chi connectivity index (χ3v) is 7.15. The Morgan fingerprint density at radius 1 is 1.40 bits per heavy atom. The van der Waals surface area contributed by atoms with Crippen molar-refractivity contribution in [3.8, 4) is 10.4 Å². The minimum absolute atomic E-state index is 0.138. The van der Waals surface area contributed by atoms with E-state index in [9.17, 15) is 4.79 Å². The lowest BCUT2D eigenvalue weighted by Crippen LogP contribution is -2.54. The number of amides is 1. The molecule has 2 aliphatic rings. The Bertz CT molecular complexity index is 917. The zero-order valence-corrected chi connectivity index (χ0v) is 18.7. The van der Waals surface area contributed by atoms with Gasteiger partial charge in [0.05, 0.1) is 17.5 Å². The molecule has 30 heavy (non-hydrogen) atoms. The van der Waals surface area contributed by atoms with Crippen LogP contribution in [0.3, 0.4) is 0 Å². The summed E-state index contributed by atoms with van der Waals surface area (Å²) >= 11 is 1.59. The number of ether oxygens (including phenoxy) is 1. The van der Waals surface area contributed by atoms with Gasteiger partial charge in [-0.3, -0.25) is 14.9 Å². The summed E-state index contributed by atoms with van der Waals surface area (Å²) in [6, 6.07) is 2.37. The zero-order valence-electron chi connectivity index (χ0n) is 17.9. The molecule has 0 aromatic carbocycles. The summed E-state index contributed by atoms with van der Waals surface area (Å²) in [6.07, 6.45) is 12.3. The van der Waals surface area contributed by atoms with Crippen LogP contribution in [0.4, 0.5) is 0 Å². The summed E-state index contributed by atoms with van der Waals surface area (Å²) < 4.78 is 6.38. The van der Waals surface area contributed by atoms with Crippen LogP contribution in [0.5, 0.6) is 0 Å². The number of thiophene rings is 1. The number of hydrogen-bond acceptors (Lipinski definition) is 5. The summed E-state index contributed by atoms with van der Waals surface area (Å²) in [4.78, 5) is 21.3. The van der Waals surface area contributed by atoms with Crippen molar-refractivity contribution in [2.24, 2.45) is 4.99 Å². The molecule has 0 spiro atoms. The van der Waals surface area contributed by atoms with Crippen molar-refractivity contribution in [3.63, 3.8) is 0 Å². The Morgan fingerprint density at radius 3 is 2.77 bits per heavy atom. The summed E-state index contributed by atoms with van der Waals surface area (Å²) in [7, 11) is 0. The highest BCUT2D eigenvalue weighted by Gasteiger charge is 2.52. The number of piperidine rings is 1. The van der Waals surface area contributed by atoms with E-state index >= 15 is 0 Å². The van der Waals surface area contributed by atoms with Crippen molar-refractivity contribution < 1.29 is 9.53 Å². The molecule has 0 saturated carbocycles. The molecule has 2 unspecified atom stereocenters. The monoisotopic (exact) mass is 426 g/mol. The lowest BCUT2D eigenvalue weighted by atomic mass is 9.82. The zero-order chi connectivity index (χ0) is 21.1. The van der Waals surface area contributed by atoms with E-state index in [4.69, 9.17) is 4.74 Å². The number of nitrogens with one attached hydrogen (secondary N) is 1. The highest BCUT2D eigenvalue weighted by atomic mass is 32.1. The van der Waals surface area contributed by atoms with Crippen molar-refractivity contribution in [2.45, 2.75) is 70.6 Å². The minimum atomic E-state index is -0.392. The van der Waals surface area contributed by atoms with Crippen LogP contribution in [0.2, 0.25) is 0 Å². The summed E-state index contributed by atoms with van der Waals surface area (Å²) in [5, 5.41) is 8.82. The van der Waals surface area contributed by atoms with E-state index in [0.717, 1.165) is 53.8 Å². The third kappa shape index (κ3) is 3.76. The van der Waals surface area contributed by atoms with Crippen molar-refractivity contribution >= 4 is 23.5 Å². The molecule has 2 aromatic rings. The lowest BCUT2D eigenvalue weighted by Gasteiger charge is -2.46. The van der Waals surface area contributed by atoms with Crippen LogP contribution in [0.15, 0.2) is 40.6 Å². The molecule has 0 aliphatic carbocycles. The molecule has 1 amide bonds. The number of hydrogen-bond donors (Lipinski definition) is 1. The van der Waals surface area contributed by atoms with Gasteiger partial charge in [0.1, 0.15) is 5.60 Å². The minimum Gasteiger partial charge on any atom is -0.369 e. The van der Waals surface area contributed by atoms with Gasteiger partial charge in [0.15, 0.2) is 0 Å². The van der Waals surface area contributed by atoms with E-state index in [1.165, 1.54) is 0 Å². The smallest absolute Gasteiger partial charge is 0.255 e. The number of carbonyl (C=O) groups is 1. The van der Waals surface area contributed by atoms with Gasteiger partial charge in [-0.15, -0.1) is 11.3 Å². The molecule has 2 aromatic heterocycles. The fourth-order valence-corrected chi connectivity index (χ4v) is 5.90. The number of carbonyl (C=O) groups excluding carboxylic acids is 1. The van der Waals surface area contributed by atoms with Crippen LogP contribution in [0.1, 0.15) is 63.2 Å². The molecule has 4 rings (SSSR count). The van der Waals surface area contributed by atoms with Crippen LogP contribution >= 0.6 is 11.3 Å². The molecule has 2 fully saturated rings. The van der Waals surface area contributed by atoms with E-state index in [1.54, 1.807) is 17.5 Å². The SMILES string of the molecule is CC=NC(=CCC)C1(OCC)CC2CCC(C1)N2C(=O)c1csc(-c2cn[nH]c2)c1. The first-order valence-electron chi connectivity index (χ1n) is 10.9. The summed E-state index contributed by atoms with van der Waals surface area (Å²) in [6.45, 7) is 6.77. The topological polar surface area (TPSA) is 70.6 Å². The Kier molecular flexibility index (Phi) is 6.20. The second kappa shape index (κ2) is 8.86. The Hall–Kier alpha value is -2.25. The maximum atomic E-state index is 13.5. The molecule has 160 valence electrons. The van der Waals surface area contributed by atoms with Crippen molar-refractivity contribution in [2.75, 3.05) is 6.61 Å². The normalized spacial score (nSPS) is 26.6. The van der Waals surface area contributed by atoms with E-state index in [2.05, 4.69) is 33.1 Å². The van der Waals surface area contributed by atoms with Crippen LogP contribution in [-0.2, 0) is 4.74 Å². The maximum Gasteiger partial charge on any atom is 0.255 e. The maximum absolute atomic E-state index is 13.5. The first-order valence-corrected chi connectivity index (χ1v) is 11.7. The van der Waals surface area contributed by atoms with Crippen molar-refractivity contribution in [3.05, 3.63) is 41.2 Å². The van der Waals surface area contributed by atoms with Gasteiger partial charge in [0.25, 0.3) is 5.91 Å². The van der Waals surface area contributed by atoms with Crippen LogP contribution < -0.4 is 0 Å². The first kappa shape index (κ1) is 21.0. The van der Waals surface area contributed by atoms with Gasteiger partial charge in [0, 0.05) is 59.8 Å². The largest absolute Gasteiger partial charge is 0.369 e. The number of aromatic nitrogens is 2. The fraction of sp³-hybridized carbons (Fsp3) is 0.522. The fourth-order valence-electron chi connectivity index (χ4n) is 5.04. The van der Waals surface area contributed by atoms with Crippen molar-refractivity contribution in [1.29, 1.82) is 0 Å². The van der Waals surface area contributed by atoms with E-state index in [1.807, 2.05) is 37.7 Å². The predicted octanol–water partition coefficient (Wildman–Crippen LogP) is 5.07. The summed E-state index contributed by atoms with van der Waals surface area (Å²) in [5.74, 6) is 0.138. The molecule has 7 heteroatoms.